The fraction of sp³-hybridized carbons (Fsp3) is 0.727. The summed E-state index contributed by atoms with van der Waals surface area (Å²) in [6.45, 7) is 4.26. The fourth-order valence-corrected chi connectivity index (χ4v) is 1.68. The Bertz CT molecular complexity index is 172. The van der Waals surface area contributed by atoms with Gasteiger partial charge < -0.3 is 4.90 Å². The van der Waals surface area contributed by atoms with Crippen LogP contribution in [0.1, 0.15) is 32.6 Å². The first-order valence-corrected chi connectivity index (χ1v) is 4.78. The van der Waals surface area contributed by atoms with Gasteiger partial charge in [-0.1, -0.05) is 0 Å². The quantitative estimate of drug-likeness (QED) is 0.326. The first-order valence-electron chi connectivity index (χ1n) is 4.78. The zero-order chi connectivity index (χ0) is 8.81. The maximum atomic E-state index is 3.93. The molecule has 0 amide bonds. The SMILES string of the molecule is [CH2-]N1CCC(CCC#CC)CC1.[K+]. The van der Waals surface area contributed by atoms with Crippen molar-refractivity contribution in [3.8, 4) is 11.8 Å². The second-order valence-corrected chi connectivity index (χ2v) is 3.53. The van der Waals surface area contributed by atoms with Gasteiger partial charge in [0.25, 0.3) is 0 Å². The van der Waals surface area contributed by atoms with Gasteiger partial charge in [-0.3, -0.25) is 7.05 Å². The first-order chi connectivity index (χ1) is 5.83. The first kappa shape index (κ1) is 14.2. The van der Waals surface area contributed by atoms with Gasteiger partial charge in [-0.05, 0) is 45.2 Å². The summed E-state index contributed by atoms with van der Waals surface area (Å²) < 4.78 is 0. The van der Waals surface area contributed by atoms with Crippen LogP contribution < -0.4 is 51.4 Å². The predicted octanol–water partition coefficient (Wildman–Crippen LogP) is -0.703. The van der Waals surface area contributed by atoms with Crippen LogP contribution in [0.2, 0.25) is 0 Å². The van der Waals surface area contributed by atoms with E-state index in [9.17, 15) is 0 Å². The van der Waals surface area contributed by atoms with E-state index in [4.69, 9.17) is 0 Å². The zero-order valence-corrected chi connectivity index (χ0v) is 12.1. The van der Waals surface area contributed by atoms with Gasteiger partial charge >= 0.3 is 51.4 Å². The van der Waals surface area contributed by atoms with E-state index in [0.717, 1.165) is 12.3 Å². The number of rotatable bonds is 2. The molecule has 1 fully saturated rings. The van der Waals surface area contributed by atoms with E-state index >= 15 is 0 Å². The van der Waals surface area contributed by atoms with E-state index in [1.54, 1.807) is 0 Å². The topological polar surface area (TPSA) is 3.24 Å². The van der Waals surface area contributed by atoms with Gasteiger partial charge in [-0.15, -0.1) is 11.8 Å². The van der Waals surface area contributed by atoms with Crippen LogP contribution in [0, 0.1) is 24.8 Å². The molecular formula is C11H18KN. The molecule has 0 saturated carbocycles. The molecule has 1 aliphatic rings. The smallest absolute Gasteiger partial charge is 0.459 e. The van der Waals surface area contributed by atoms with Crippen molar-refractivity contribution in [2.45, 2.75) is 32.6 Å². The van der Waals surface area contributed by atoms with Gasteiger partial charge in [0.05, 0.1) is 0 Å². The average molecular weight is 203 g/mol. The van der Waals surface area contributed by atoms with Crippen molar-refractivity contribution in [3.63, 3.8) is 0 Å². The molecule has 1 aliphatic heterocycles. The van der Waals surface area contributed by atoms with E-state index in [-0.39, 0.29) is 51.4 Å². The van der Waals surface area contributed by atoms with Gasteiger partial charge in [0.2, 0.25) is 0 Å². The molecule has 0 radical (unpaired) electrons. The monoisotopic (exact) mass is 203 g/mol. The van der Waals surface area contributed by atoms with Crippen LogP contribution in [-0.2, 0) is 0 Å². The molecule has 0 bridgehead atoms. The second-order valence-electron chi connectivity index (χ2n) is 3.53. The summed E-state index contributed by atoms with van der Waals surface area (Å²) >= 11 is 0. The molecule has 68 valence electrons. The largest absolute Gasteiger partial charge is 1.00 e. The second kappa shape index (κ2) is 8.46. The minimum Gasteiger partial charge on any atom is -0.459 e. The third-order valence-corrected chi connectivity index (χ3v) is 2.56. The number of hydrogen-bond acceptors (Lipinski definition) is 1. The van der Waals surface area contributed by atoms with Gasteiger partial charge in [-0.25, -0.2) is 0 Å². The Balaban J connectivity index is 0.00000144. The molecule has 0 aromatic carbocycles. The standard InChI is InChI=1S/C11H18N.K/c1-3-4-5-6-11-7-9-12(2)10-8-11;/h11H,2,5-10H2,1H3;/q-1;+1. The summed E-state index contributed by atoms with van der Waals surface area (Å²) in [7, 11) is 3.93. The predicted molar refractivity (Wildman–Crippen MR) is 52.3 cm³/mol. The van der Waals surface area contributed by atoms with E-state index < -0.39 is 0 Å². The average Bonchev–Trinajstić information content (AvgIpc) is 2.09. The molecule has 1 nitrogen and oxygen atoms in total. The molecule has 0 aliphatic carbocycles. The number of piperidine rings is 1. The molecule has 1 heterocycles. The van der Waals surface area contributed by atoms with Crippen molar-refractivity contribution in [1.82, 2.24) is 4.90 Å². The van der Waals surface area contributed by atoms with Crippen molar-refractivity contribution in [1.29, 1.82) is 0 Å². The fourth-order valence-electron chi connectivity index (χ4n) is 1.68. The van der Waals surface area contributed by atoms with Gasteiger partial charge in [-0.2, -0.15) is 0 Å². The van der Waals surface area contributed by atoms with Crippen LogP contribution in [0.3, 0.4) is 0 Å². The molecule has 2 heteroatoms. The Kier molecular flexibility index (Phi) is 9.22. The summed E-state index contributed by atoms with van der Waals surface area (Å²) in [5.41, 5.74) is 0. The number of nitrogens with zero attached hydrogens (tertiary/aromatic N) is 1. The summed E-state index contributed by atoms with van der Waals surface area (Å²) in [4.78, 5) is 2.17. The molecule has 0 N–H and O–H groups in total. The Hall–Kier alpha value is 1.16. The van der Waals surface area contributed by atoms with Crippen LogP contribution in [0.25, 0.3) is 0 Å². The molecule has 13 heavy (non-hydrogen) atoms. The van der Waals surface area contributed by atoms with E-state index in [1.165, 1.54) is 32.4 Å². The molecule has 0 unspecified atom stereocenters. The number of hydrogen-bond donors (Lipinski definition) is 0. The van der Waals surface area contributed by atoms with Crippen LogP contribution in [0.4, 0.5) is 0 Å². The minimum absolute atomic E-state index is 0. The Labute approximate surface area is 125 Å². The maximum absolute atomic E-state index is 3.93. The maximum Gasteiger partial charge on any atom is 1.00 e. The van der Waals surface area contributed by atoms with Crippen molar-refractivity contribution in [3.05, 3.63) is 7.05 Å². The minimum atomic E-state index is 0. The van der Waals surface area contributed by atoms with Gasteiger partial charge in [0, 0.05) is 6.42 Å². The summed E-state index contributed by atoms with van der Waals surface area (Å²) in [5.74, 6) is 6.98. The Morgan fingerprint density at radius 3 is 2.54 bits per heavy atom. The van der Waals surface area contributed by atoms with Crippen molar-refractivity contribution < 1.29 is 51.4 Å². The molecule has 0 aromatic heterocycles. The van der Waals surface area contributed by atoms with Crippen LogP contribution in [0.5, 0.6) is 0 Å². The molecule has 1 saturated heterocycles. The molecule has 1 rings (SSSR count). The summed E-state index contributed by atoms with van der Waals surface area (Å²) in [6, 6.07) is 0. The van der Waals surface area contributed by atoms with Gasteiger partial charge in [0.1, 0.15) is 0 Å². The van der Waals surface area contributed by atoms with Crippen molar-refractivity contribution in [2.75, 3.05) is 13.1 Å². The van der Waals surface area contributed by atoms with Crippen LogP contribution >= 0.6 is 0 Å². The number of likely N-dealkylation sites (tertiary alicyclic amines) is 1. The van der Waals surface area contributed by atoms with E-state index in [0.29, 0.717) is 0 Å². The third-order valence-electron chi connectivity index (χ3n) is 2.56. The van der Waals surface area contributed by atoms with Crippen LogP contribution in [-0.4, -0.2) is 18.0 Å². The Morgan fingerprint density at radius 2 is 2.00 bits per heavy atom. The zero-order valence-electron chi connectivity index (χ0n) is 8.97. The molecule has 0 aromatic rings. The molecule has 0 atom stereocenters. The van der Waals surface area contributed by atoms with Crippen LogP contribution in [0.15, 0.2) is 0 Å². The van der Waals surface area contributed by atoms with Gasteiger partial charge in [0.15, 0.2) is 0 Å². The van der Waals surface area contributed by atoms with Crippen molar-refractivity contribution >= 4 is 0 Å². The summed E-state index contributed by atoms with van der Waals surface area (Å²) in [5, 5.41) is 0. The van der Waals surface area contributed by atoms with E-state index in [2.05, 4.69) is 23.8 Å². The normalized spacial score (nSPS) is 18.6. The van der Waals surface area contributed by atoms with E-state index in [1.807, 2.05) is 6.92 Å². The summed E-state index contributed by atoms with van der Waals surface area (Å²) in [6.07, 6.45) is 5.00. The third kappa shape index (κ3) is 6.27. The van der Waals surface area contributed by atoms with Crippen molar-refractivity contribution in [2.24, 2.45) is 5.92 Å². The Morgan fingerprint density at radius 1 is 1.38 bits per heavy atom. The molecule has 0 spiro atoms. The molecular weight excluding hydrogens is 185 g/mol.